The van der Waals surface area contributed by atoms with Crippen LogP contribution in [0.3, 0.4) is 0 Å². The molecule has 1 fully saturated rings. The maximum Gasteiger partial charge on any atom is 0.234 e. The fourth-order valence-corrected chi connectivity index (χ4v) is 2.97. The van der Waals surface area contributed by atoms with E-state index in [0.29, 0.717) is 18.0 Å². The van der Waals surface area contributed by atoms with Gasteiger partial charge in [0.25, 0.3) is 0 Å². The van der Waals surface area contributed by atoms with Crippen molar-refractivity contribution in [1.82, 2.24) is 20.9 Å². The van der Waals surface area contributed by atoms with Gasteiger partial charge in [-0.25, -0.2) is 0 Å². The van der Waals surface area contributed by atoms with Crippen molar-refractivity contribution < 1.29 is 4.79 Å². The third-order valence-electron chi connectivity index (χ3n) is 4.49. The van der Waals surface area contributed by atoms with Crippen LogP contribution in [0.1, 0.15) is 59.8 Å². The number of amides is 1. The molecule has 3 N–H and O–H groups in total. The van der Waals surface area contributed by atoms with Crippen LogP contribution < -0.4 is 16.0 Å². The van der Waals surface area contributed by atoms with E-state index < -0.39 is 0 Å². The van der Waals surface area contributed by atoms with Crippen molar-refractivity contribution in [1.29, 1.82) is 0 Å². The van der Waals surface area contributed by atoms with E-state index in [4.69, 9.17) is 0 Å². The predicted molar refractivity (Wildman–Crippen MR) is 121 cm³/mol. The van der Waals surface area contributed by atoms with E-state index in [9.17, 15) is 4.79 Å². The van der Waals surface area contributed by atoms with Crippen molar-refractivity contribution >= 4 is 35.8 Å². The number of aliphatic imine (C=N–C) groups is 1. The fourth-order valence-electron chi connectivity index (χ4n) is 2.97. The molecule has 1 aliphatic rings. The highest BCUT2D eigenvalue weighted by Gasteiger charge is 2.21. The van der Waals surface area contributed by atoms with E-state index in [1.165, 1.54) is 6.42 Å². The lowest BCUT2D eigenvalue weighted by Crippen LogP contribution is -2.50. The first-order valence-electron chi connectivity index (χ1n) is 9.80. The SMILES string of the molecule is CCCNC(=O)CN1CCC(NC(=NC)NCCCC(C)(C)C)CC1.I. The number of piperidine rings is 1. The average molecular weight is 481 g/mol. The molecule has 0 aliphatic carbocycles. The first-order valence-corrected chi connectivity index (χ1v) is 9.80. The highest BCUT2D eigenvalue weighted by atomic mass is 127. The van der Waals surface area contributed by atoms with Crippen LogP contribution >= 0.6 is 24.0 Å². The second kappa shape index (κ2) is 13.6. The van der Waals surface area contributed by atoms with Crippen LogP contribution in [0.15, 0.2) is 4.99 Å². The van der Waals surface area contributed by atoms with E-state index in [2.05, 4.69) is 53.5 Å². The first kappa shape index (κ1) is 25.4. The van der Waals surface area contributed by atoms with Gasteiger partial charge in [-0.3, -0.25) is 14.7 Å². The van der Waals surface area contributed by atoms with Gasteiger partial charge >= 0.3 is 0 Å². The summed E-state index contributed by atoms with van der Waals surface area (Å²) in [4.78, 5) is 18.4. The number of hydrogen-bond acceptors (Lipinski definition) is 3. The minimum Gasteiger partial charge on any atom is -0.356 e. The minimum atomic E-state index is 0. The van der Waals surface area contributed by atoms with Gasteiger partial charge in [-0.15, -0.1) is 24.0 Å². The van der Waals surface area contributed by atoms with Crippen molar-refractivity contribution in [2.24, 2.45) is 10.4 Å². The molecule has 1 aliphatic heterocycles. The van der Waals surface area contributed by atoms with Gasteiger partial charge in [-0.2, -0.15) is 0 Å². The van der Waals surface area contributed by atoms with Crippen molar-refractivity contribution in [3.63, 3.8) is 0 Å². The third kappa shape index (κ3) is 11.9. The second-order valence-electron chi connectivity index (χ2n) is 8.21. The highest BCUT2D eigenvalue weighted by Crippen LogP contribution is 2.19. The quantitative estimate of drug-likeness (QED) is 0.216. The van der Waals surface area contributed by atoms with Crippen molar-refractivity contribution in [2.75, 3.05) is 39.8 Å². The number of nitrogens with zero attached hydrogens (tertiary/aromatic N) is 2. The fraction of sp³-hybridized carbons (Fsp3) is 0.895. The molecule has 0 aromatic carbocycles. The second-order valence-corrected chi connectivity index (χ2v) is 8.21. The van der Waals surface area contributed by atoms with Crippen LogP contribution in [0, 0.1) is 5.41 Å². The Balaban J connectivity index is 0.00000625. The zero-order chi connectivity index (χ0) is 18.7. The topological polar surface area (TPSA) is 68.8 Å². The molecule has 6 nitrogen and oxygen atoms in total. The molecule has 154 valence electrons. The molecule has 0 aromatic rings. The highest BCUT2D eigenvalue weighted by molar-refractivity contribution is 14.0. The standard InChI is InChI=1S/C19H39N5O.HI/c1-6-11-21-17(25)15-24-13-8-16(9-14-24)23-18(20-5)22-12-7-10-19(2,3)4;/h16H,6-15H2,1-5H3,(H,21,25)(H2,20,22,23);1H. The number of likely N-dealkylation sites (tertiary alicyclic amines) is 1. The van der Waals surface area contributed by atoms with Gasteiger partial charge in [0.05, 0.1) is 6.54 Å². The van der Waals surface area contributed by atoms with Crippen LogP contribution in [0.2, 0.25) is 0 Å². The number of carbonyl (C=O) groups is 1. The summed E-state index contributed by atoms with van der Waals surface area (Å²) in [7, 11) is 1.83. The molecule has 0 saturated carbocycles. The van der Waals surface area contributed by atoms with Gasteiger partial charge in [0.2, 0.25) is 5.91 Å². The molecule has 0 aromatic heterocycles. The Morgan fingerprint density at radius 1 is 1.15 bits per heavy atom. The maximum absolute atomic E-state index is 11.8. The number of rotatable bonds is 8. The number of nitrogens with one attached hydrogen (secondary N) is 3. The first-order chi connectivity index (χ1) is 11.8. The van der Waals surface area contributed by atoms with Crippen LogP contribution in [0.5, 0.6) is 0 Å². The van der Waals surface area contributed by atoms with E-state index >= 15 is 0 Å². The average Bonchev–Trinajstić information content (AvgIpc) is 2.56. The van der Waals surface area contributed by atoms with Crippen LogP contribution in [0.4, 0.5) is 0 Å². The molecule has 0 atom stereocenters. The zero-order valence-corrected chi connectivity index (χ0v) is 19.7. The Hall–Kier alpha value is -0.570. The van der Waals surface area contributed by atoms with Crippen molar-refractivity contribution in [2.45, 2.75) is 65.8 Å². The van der Waals surface area contributed by atoms with Crippen molar-refractivity contribution in [3.05, 3.63) is 0 Å². The number of halogens is 1. The van der Waals surface area contributed by atoms with E-state index in [1.54, 1.807) is 0 Å². The summed E-state index contributed by atoms with van der Waals surface area (Å²) in [6.07, 6.45) is 5.43. The Labute approximate surface area is 177 Å². The van der Waals surface area contributed by atoms with E-state index in [-0.39, 0.29) is 29.9 Å². The van der Waals surface area contributed by atoms with Crippen LogP contribution in [-0.2, 0) is 4.79 Å². The molecule has 0 radical (unpaired) electrons. The zero-order valence-electron chi connectivity index (χ0n) is 17.4. The van der Waals surface area contributed by atoms with E-state index in [1.807, 2.05) is 7.05 Å². The van der Waals surface area contributed by atoms with Gasteiger partial charge < -0.3 is 16.0 Å². The summed E-state index contributed by atoms with van der Waals surface area (Å²) in [6, 6.07) is 0.434. The lowest BCUT2D eigenvalue weighted by Gasteiger charge is -2.32. The Morgan fingerprint density at radius 3 is 2.35 bits per heavy atom. The Morgan fingerprint density at radius 2 is 1.81 bits per heavy atom. The molecule has 1 saturated heterocycles. The van der Waals surface area contributed by atoms with Gasteiger partial charge in [0.1, 0.15) is 0 Å². The van der Waals surface area contributed by atoms with Crippen molar-refractivity contribution in [3.8, 4) is 0 Å². The smallest absolute Gasteiger partial charge is 0.234 e. The summed E-state index contributed by atoms with van der Waals surface area (Å²) in [6.45, 7) is 13.1. The van der Waals surface area contributed by atoms with Gasteiger partial charge in [-0.05, 0) is 37.5 Å². The molecule has 0 unspecified atom stereocenters. The molecule has 0 spiro atoms. The Bertz CT molecular complexity index is 415. The predicted octanol–water partition coefficient (Wildman–Crippen LogP) is 2.59. The van der Waals surface area contributed by atoms with E-state index in [0.717, 1.165) is 57.8 Å². The normalized spacial score (nSPS) is 16.7. The summed E-state index contributed by atoms with van der Waals surface area (Å²) in [5.74, 6) is 1.04. The summed E-state index contributed by atoms with van der Waals surface area (Å²) < 4.78 is 0. The number of guanidine groups is 1. The molecule has 1 amide bonds. The maximum atomic E-state index is 11.8. The molecular weight excluding hydrogens is 441 g/mol. The molecular formula is C19H40IN5O. The lowest BCUT2D eigenvalue weighted by atomic mass is 9.91. The largest absolute Gasteiger partial charge is 0.356 e. The van der Waals surface area contributed by atoms with Crippen LogP contribution in [0.25, 0.3) is 0 Å². The monoisotopic (exact) mass is 481 g/mol. The minimum absolute atomic E-state index is 0. The third-order valence-corrected chi connectivity index (χ3v) is 4.49. The van der Waals surface area contributed by atoms with Gasteiger partial charge in [0.15, 0.2) is 5.96 Å². The lowest BCUT2D eigenvalue weighted by molar-refractivity contribution is -0.122. The molecule has 0 bridgehead atoms. The molecule has 7 heteroatoms. The summed E-state index contributed by atoms with van der Waals surface area (Å²) >= 11 is 0. The summed E-state index contributed by atoms with van der Waals surface area (Å²) in [5, 5.41) is 9.89. The van der Waals surface area contributed by atoms with Crippen LogP contribution in [-0.4, -0.2) is 62.6 Å². The number of hydrogen-bond donors (Lipinski definition) is 3. The molecule has 1 rings (SSSR count). The molecule has 26 heavy (non-hydrogen) atoms. The molecule has 1 heterocycles. The van der Waals surface area contributed by atoms with Gasteiger partial charge in [0, 0.05) is 39.3 Å². The Kier molecular flexibility index (Phi) is 13.3. The number of carbonyl (C=O) groups excluding carboxylic acids is 1. The summed E-state index contributed by atoms with van der Waals surface area (Å²) in [5.41, 5.74) is 0.384. The van der Waals surface area contributed by atoms with Gasteiger partial charge in [-0.1, -0.05) is 27.7 Å².